The van der Waals surface area contributed by atoms with E-state index in [-0.39, 0.29) is 12.5 Å². The van der Waals surface area contributed by atoms with Crippen LogP contribution < -0.4 is 5.32 Å². The number of nitrogens with one attached hydrogen (secondary N) is 1. The van der Waals surface area contributed by atoms with Gasteiger partial charge in [0, 0.05) is 13.0 Å². The highest BCUT2D eigenvalue weighted by Gasteiger charge is 2.09. The molecule has 0 aliphatic carbocycles. The van der Waals surface area contributed by atoms with Crippen LogP contribution in [0.5, 0.6) is 0 Å². The number of benzene rings is 3. The normalized spacial score (nSPS) is 12.0. The summed E-state index contributed by atoms with van der Waals surface area (Å²) in [6, 6.07) is 23.9. The molecule has 2 N–H and O–H groups in total. The number of amides is 1. The van der Waals surface area contributed by atoms with Gasteiger partial charge in [-0.3, -0.25) is 4.79 Å². The predicted octanol–water partition coefficient (Wildman–Crippen LogP) is 3.10. The Balaban J connectivity index is 1.51. The molecule has 3 rings (SSSR count). The average Bonchev–Trinajstić information content (AvgIpc) is 2.61. The third-order valence-electron chi connectivity index (χ3n) is 4.03. The van der Waals surface area contributed by atoms with Gasteiger partial charge in [0.1, 0.15) is 0 Å². The van der Waals surface area contributed by atoms with Crippen LogP contribution in [0, 0.1) is 0 Å². The van der Waals surface area contributed by atoms with Crippen LogP contribution in [0.1, 0.15) is 11.1 Å². The Kier molecular flexibility index (Phi) is 5.24. The van der Waals surface area contributed by atoms with Crippen LogP contribution in [0.25, 0.3) is 10.8 Å². The zero-order valence-electron chi connectivity index (χ0n) is 13.5. The number of carbonyl (C=O) groups excluding carboxylic acids is 1. The van der Waals surface area contributed by atoms with Crippen LogP contribution in [0.15, 0.2) is 72.8 Å². The van der Waals surface area contributed by atoms with Crippen LogP contribution in [0.4, 0.5) is 0 Å². The summed E-state index contributed by atoms with van der Waals surface area (Å²) in [5.41, 5.74) is 2.04. The van der Waals surface area contributed by atoms with Gasteiger partial charge in [0.25, 0.3) is 0 Å². The summed E-state index contributed by atoms with van der Waals surface area (Å²) in [7, 11) is 0. The molecule has 1 atom stereocenters. The van der Waals surface area contributed by atoms with Crippen LogP contribution in [-0.4, -0.2) is 23.7 Å². The number of carbonyl (C=O) groups is 1. The van der Waals surface area contributed by atoms with E-state index in [1.165, 1.54) is 5.39 Å². The molecule has 3 aromatic carbocycles. The summed E-state index contributed by atoms with van der Waals surface area (Å²) in [5, 5.41) is 15.2. The van der Waals surface area contributed by atoms with Gasteiger partial charge >= 0.3 is 0 Å². The second-order valence-corrected chi connectivity index (χ2v) is 6.01. The van der Waals surface area contributed by atoms with E-state index in [0.29, 0.717) is 12.8 Å². The Morgan fingerprint density at radius 1 is 0.875 bits per heavy atom. The van der Waals surface area contributed by atoms with Gasteiger partial charge in [-0.05, 0) is 21.9 Å². The summed E-state index contributed by atoms with van der Waals surface area (Å²) >= 11 is 0. The molecule has 0 fully saturated rings. The lowest BCUT2D eigenvalue weighted by Crippen LogP contribution is -2.34. The Bertz CT molecular complexity index is 814. The van der Waals surface area contributed by atoms with Crippen molar-refractivity contribution in [1.29, 1.82) is 0 Å². The summed E-state index contributed by atoms with van der Waals surface area (Å²) in [4.78, 5) is 12.1. The highest BCUT2D eigenvalue weighted by atomic mass is 16.3. The van der Waals surface area contributed by atoms with Crippen molar-refractivity contribution in [2.24, 2.45) is 0 Å². The maximum absolute atomic E-state index is 12.1. The van der Waals surface area contributed by atoms with E-state index in [1.54, 1.807) is 0 Å². The van der Waals surface area contributed by atoms with Gasteiger partial charge in [0.05, 0.1) is 12.5 Å². The SMILES string of the molecule is O=C(Cc1ccc2ccccc2c1)NCC(O)Cc1ccccc1. The quantitative estimate of drug-likeness (QED) is 0.733. The van der Waals surface area contributed by atoms with E-state index in [0.717, 1.165) is 16.5 Å². The Labute approximate surface area is 142 Å². The van der Waals surface area contributed by atoms with E-state index in [4.69, 9.17) is 0 Å². The number of hydrogen-bond donors (Lipinski definition) is 2. The minimum absolute atomic E-state index is 0.0719. The molecule has 0 saturated carbocycles. The fraction of sp³-hybridized carbons (Fsp3) is 0.190. The second kappa shape index (κ2) is 7.75. The van der Waals surface area contributed by atoms with Gasteiger partial charge in [-0.1, -0.05) is 72.8 Å². The van der Waals surface area contributed by atoms with E-state index < -0.39 is 6.10 Å². The molecule has 0 heterocycles. The molecule has 24 heavy (non-hydrogen) atoms. The third-order valence-corrected chi connectivity index (χ3v) is 4.03. The molecule has 0 aliphatic rings. The van der Waals surface area contributed by atoms with Gasteiger partial charge in [0.15, 0.2) is 0 Å². The summed E-state index contributed by atoms with van der Waals surface area (Å²) in [6.07, 6.45) is 0.285. The zero-order valence-corrected chi connectivity index (χ0v) is 13.5. The minimum Gasteiger partial charge on any atom is -0.391 e. The molecule has 0 aliphatic heterocycles. The van der Waals surface area contributed by atoms with Crippen molar-refractivity contribution in [3.05, 3.63) is 83.9 Å². The maximum Gasteiger partial charge on any atom is 0.224 e. The Hall–Kier alpha value is -2.65. The first kappa shape index (κ1) is 16.2. The standard InChI is InChI=1S/C21H21NO2/c23-20(13-16-6-2-1-3-7-16)15-22-21(24)14-17-10-11-18-8-4-5-9-19(18)12-17/h1-12,20,23H,13-15H2,(H,22,24). The molecular weight excluding hydrogens is 298 g/mol. The molecule has 0 radical (unpaired) electrons. The smallest absolute Gasteiger partial charge is 0.224 e. The molecule has 3 aromatic rings. The van der Waals surface area contributed by atoms with Crippen molar-refractivity contribution in [1.82, 2.24) is 5.32 Å². The van der Waals surface area contributed by atoms with E-state index in [9.17, 15) is 9.90 Å². The topological polar surface area (TPSA) is 49.3 Å². The Morgan fingerprint density at radius 3 is 2.38 bits per heavy atom. The number of rotatable bonds is 6. The van der Waals surface area contributed by atoms with Crippen molar-refractivity contribution in [2.75, 3.05) is 6.54 Å². The molecule has 0 saturated heterocycles. The van der Waals surface area contributed by atoms with Crippen molar-refractivity contribution >= 4 is 16.7 Å². The molecule has 1 unspecified atom stereocenters. The van der Waals surface area contributed by atoms with Crippen LogP contribution in [-0.2, 0) is 17.6 Å². The average molecular weight is 319 g/mol. The van der Waals surface area contributed by atoms with Crippen molar-refractivity contribution in [3.8, 4) is 0 Å². The molecular formula is C21H21NO2. The van der Waals surface area contributed by atoms with E-state index >= 15 is 0 Å². The molecule has 0 spiro atoms. The number of hydrogen-bond acceptors (Lipinski definition) is 2. The number of aliphatic hydroxyl groups excluding tert-OH is 1. The van der Waals surface area contributed by atoms with E-state index in [1.807, 2.05) is 66.7 Å². The van der Waals surface area contributed by atoms with Gasteiger partial charge in [0.2, 0.25) is 5.91 Å². The van der Waals surface area contributed by atoms with Crippen molar-refractivity contribution in [3.63, 3.8) is 0 Å². The fourth-order valence-corrected chi connectivity index (χ4v) is 2.79. The zero-order chi connectivity index (χ0) is 16.8. The highest BCUT2D eigenvalue weighted by Crippen LogP contribution is 2.15. The molecule has 3 nitrogen and oxygen atoms in total. The lowest BCUT2D eigenvalue weighted by atomic mass is 10.0. The summed E-state index contributed by atoms with van der Waals surface area (Å²) in [5.74, 6) is -0.0719. The molecule has 0 aromatic heterocycles. The largest absolute Gasteiger partial charge is 0.391 e. The van der Waals surface area contributed by atoms with Crippen LogP contribution in [0.3, 0.4) is 0 Å². The Morgan fingerprint density at radius 2 is 1.58 bits per heavy atom. The highest BCUT2D eigenvalue weighted by molar-refractivity contribution is 5.85. The summed E-state index contributed by atoms with van der Waals surface area (Å²) in [6.45, 7) is 0.265. The number of fused-ring (bicyclic) bond motifs is 1. The van der Waals surface area contributed by atoms with Gasteiger partial charge < -0.3 is 10.4 Å². The molecule has 122 valence electrons. The molecule has 0 bridgehead atoms. The molecule has 1 amide bonds. The second-order valence-electron chi connectivity index (χ2n) is 6.01. The van der Waals surface area contributed by atoms with Gasteiger partial charge in [-0.15, -0.1) is 0 Å². The lowest BCUT2D eigenvalue weighted by molar-refractivity contribution is -0.120. The van der Waals surface area contributed by atoms with Crippen LogP contribution >= 0.6 is 0 Å². The monoisotopic (exact) mass is 319 g/mol. The van der Waals surface area contributed by atoms with E-state index in [2.05, 4.69) is 11.4 Å². The first-order valence-corrected chi connectivity index (χ1v) is 8.17. The maximum atomic E-state index is 12.1. The van der Waals surface area contributed by atoms with Crippen LogP contribution in [0.2, 0.25) is 0 Å². The first-order valence-electron chi connectivity index (χ1n) is 8.17. The lowest BCUT2D eigenvalue weighted by Gasteiger charge is -2.12. The predicted molar refractivity (Wildman–Crippen MR) is 96.8 cm³/mol. The van der Waals surface area contributed by atoms with Crippen molar-refractivity contribution in [2.45, 2.75) is 18.9 Å². The molecule has 3 heteroatoms. The van der Waals surface area contributed by atoms with Gasteiger partial charge in [-0.25, -0.2) is 0 Å². The number of aliphatic hydroxyl groups is 1. The fourth-order valence-electron chi connectivity index (χ4n) is 2.79. The first-order chi connectivity index (χ1) is 11.7. The van der Waals surface area contributed by atoms with Gasteiger partial charge in [-0.2, -0.15) is 0 Å². The minimum atomic E-state index is -0.576. The third kappa shape index (κ3) is 4.43. The van der Waals surface area contributed by atoms with Crippen molar-refractivity contribution < 1.29 is 9.90 Å². The summed E-state index contributed by atoms with van der Waals surface area (Å²) < 4.78 is 0.